The smallest absolute Gasteiger partial charge is 0.291 e. The zero-order valence-corrected chi connectivity index (χ0v) is 14.0. The van der Waals surface area contributed by atoms with E-state index in [1.807, 2.05) is 32.0 Å². The molecule has 0 aliphatic heterocycles. The summed E-state index contributed by atoms with van der Waals surface area (Å²) in [5.74, 6) is 0.600. The summed E-state index contributed by atoms with van der Waals surface area (Å²) in [7, 11) is 0. The lowest BCUT2D eigenvalue weighted by molar-refractivity contribution is 0.0992. The largest absolute Gasteiger partial charge is 0.486 e. The number of carbonyl (C=O) groups is 1. The molecule has 3 rings (SSSR count). The fraction of sp³-hybridized carbons (Fsp3) is 0.150. The molecule has 0 fully saturated rings. The maximum absolute atomic E-state index is 12.9. The zero-order chi connectivity index (χ0) is 17.8. The van der Waals surface area contributed by atoms with Crippen LogP contribution in [0.4, 0.5) is 10.1 Å². The Morgan fingerprint density at radius 2 is 1.84 bits per heavy atom. The van der Waals surface area contributed by atoms with Crippen LogP contribution >= 0.6 is 0 Å². The Kier molecular flexibility index (Phi) is 4.84. The molecule has 0 aliphatic carbocycles. The summed E-state index contributed by atoms with van der Waals surface area (Å²) < 4.78 is 23.9. The van der Waals surface area contributed by atoms with Gasteiger partial charge >= 0.3 is 0 Å². The summed E-state index contributed by atoms with van der Waals surface area (Å²) in [6, 6.07) is 14.8. The summed E-state index contributed by atoms with van der Waals surface area (Å²) in [6.07, 6.45) is 0. The molecule has 0 bridgehead atoms. The average Bonchev–Trinajstić information content (AvgIpc) is 3.06. The molecule has 4 nitrogen and oxygen atoms in total. The minimum absolute atomic E-state index is 0.155. The van der Waals surface area contributed by atoms with Gasteiger partial charge in [-0.3, -0.25) is 4.79 Å². The Morgan fingerprint density at radius 3 is 2.56 bits per heavy atom. The van der Waals surface area contributed by atoms with Crippen LogP contribution in [0.5, 0.6) is 5.75 Å². The van der Waals surface area contributed by atoms with E-state index in [9.17, 15) is 9.18 Å². The van der Waals surface area contributed by atoms with Crippen LogP contribution in [0.2, 0.25) is 0 Å². The van der Waals surface area contributed by atoms with Crippen molar-refractivity contribution in [3.05, 3.63) is 83.1 Å². The molecular formula is C20H18FNO3. The van der Waals surface area contributed by atoms with Crippen LogP contribution in [0.25, 0.3) is 0 Å². The second-order valence-corrected chi connectivity index (χ2v) is 5.78. The van der Waals surface area contributed by atoms with Crippen LogP contribution in [0.1, 0.15) is 27.4 Å². The molecule has 0 atom stereocenters. The van der Waals surface area contributed by atoms with Crippen LogP contribution in [-0.4, -0.2) is 5.91 Å². The first-order valence-electron chi connectivity index (χ1n) is 7.87. The highest BCUT2D eigenvalue weighted by Gasteiger charge is 2.13. The molecule has 2 aromatic carbocycles. The molecular weight excluding hydrogens is 321 g/mol. The summed E-state index contributed by atoms with van der Waals surface area (Å²) in [6.45, 7) is 4.09. The highest BCUT2D eigenvalue weighted by molar-refractivity contribution is 6.02. The highest BCUT2D eigenvalue weighted by atomic mass is 19.1. The number of rotatable bonds is 5. The molecule has 0 spiro atoms. The number of amides is 1. The molecule has 1 N–H and O–H groups in total. The number of hydrogen-bond acceptors (Lipinski definition) is 3. The molecule has 0 unspecified atom stereocenters. The average molecular weight is 339 g/mol. The van der Waals surface area contributed by atoms with E-state index in [4.69, 9.17) is 9.15 Å². The quantitative estimate of drug-likeness (QED) is 0.722. The summed E-state index contributed by atoms with van der Waals surface area (Å²) in [4.78, 5) is 12.3. The van der Waals surface area contributed by atoms with Crippen molar-refractivity contribution in [3.63, 3.8) is 0 Å². The fourth-order valence-electron chi connectivity index (χ4n) is 2.40. The van der Waals surface area contributed by atoms with Gasteiger partial charge in [0.2, 0.25) is 0 Å². The van der Waals surface area contributed by atoms with Gasteiger partial charge in [-0.1, -0.05) is 17.7 Å². The molecule has 0 saturated heterocycles. The van der Waals surface area contributed by atoms with E-state index in [-0.39, 0.29) is 24.1 Å². The van der Waals surface area contributed by atoms with E-state index in [1.54, 1.807) is 12.1 Å². The van der Waals surface area contributed by atoms with Gasteiger partial charge in [-0.15, -0.1) is 0 Å². The minimum atomic E-state index is -0.323. The van der Waals surface area contributed by atoms with Crippen LogP contribution < -0.4 is 10.1 Å². The maximum Gasteiger partial charge on any atom is 0.291 e. The highest BCUT2D eigenvalue weighted by Crippen LogP contribution is 2.19. The Labute approximate surface area is 145 Å². The number of furan rings is 1. The van der Waals surface area contributed by atoms with Crippen molar-refractivity contribution in [2.75, 3.05) is 5.32 Å². The third-order valence-electron chi connectivity index (χ3n) is 3.71. The first-order valence-corrected chi connectivity index (χ1v) is 7.87. The van der Waals surface area contributed by atoms with Crippen molar-refractivity contribution < 1.29 is 18.3 Å². The van der Waals surface area contributed by atoms with Crippen molar-refractivity contribution in [1.29, 1.82) is 0 Å². The SMILES string of the molecule is Cc1ccc(NC(=O)c2ccc(COc3ccc(F)cc3)o2)c(C)c1. The molecule has 1 heterocycles. The monoisotopic (exact) mass is 339 g/mol. The van der Waals surface area contributed by atoms with E-state index >= 15 is 0 Å². The van der Waals surface area contributed by atoms with Gasteiger partial charge in [0.15, 0.2) is 5.76 Å². The number of anilines is 1. The maximum atomic E-state index is 12.9. The number of aryl methyl sites for hydroxylation is 2. The summed E-state index contributed by atoms with van der Waals surface area (Å²) in [5, 5.41) is 2.83. The van der Waals surface area contributed by atoms with Gasteiger partial charge in [0.1, 0.15) is 23.9 Å². The van der Waals surface area contributed by atoms with E-state index < -0.39 is 0 Å². The number of halogens is 1. The van der Waals surface area contributed by atoms with Crippen molar-refractivity contribution in [2.45, 2.75) is 20.5 Å². The lowest BCUT2D eigenvalue weighted by Crippen LogP contribution is -2.11. The van der Waals surface area contributed by atoms with Crippen LogP contribution in [0, 0.1) is 19.7 Å². The number of carbonyl (C=O) groups excluding carboxylic acids is 1. The number of nitrogens with one attached hydrogen (secondary N) is 1. The van der Waals surface area contributed by atoms with Crippen LogP contribution in [-0.2, 0) is 6.61 Å². The second-order valence-electron chi connectivity index (χ2n) is 5.78. The molecule has 0 radical (unpaired) electrons. The summed E-state index contributed by atoms with van der Waals surface area (Å²) >= 11 is 0. The van der Waals surface area contributed by atoms with Gasteiger partial charge in [0, 0.05) is 5.69 Å². The molecule has 1 aromatic heterocycles. The summed E-state index contributed by atoms with van der Waals surface area (Å²) in [5.41, 5.74) is 2.87. The van der Waals surface area contributed by atoms with Gasteiger partial charge < -0.3 is 14.5 Å². The van der Waals surface area contributed by atoms with Crippen molar-refractivity contribution in [1.82, 2.24) is 0 Å². The molecule has 25 heavy (non-hydrogen) atoms. The lowest BCUT2D eigenvalue weighted by atomic mass is 10.1. The number of hydrogen-bond donors (Lipinski definition) is 1. The van der Waals surface area contributed by atoms with Crippen LogP contribution in [0.15, 0.2) is 59.0 Å². The van der Waals surface area contributed by atoms with E-state index in [0.717, 1.165) is 16.8 Å². The normalized spacial score (nSPS) is 10.5. The van der Waals surface area contributed by atoms with E-state index in [1.165, 1.54) is 24.3 Å². The van der Waals surface area contributed by atoms with Gasteiger partial charge in [0.25, 0.3) is 5.91 Å². The molecule has 0 saturated carbocycles. The standard InChI is InChI=1S/C20H18FNO3/c1-13-3-9-18(14(2)11-13)22-20(23)19-10-8-17(25-19)12-24-16-6-4-15(21)5-7-16/h3-11H,12H2,1-2H3,(H,22,23). The van der Waals surface area contributed by atoms with E-state index in [0.29, 0.717) is 11.5 Å². The van der Waals surface area contributed by atoms with Crippen molar-refractivity contribution in [3.8, 4) is 5.75 Å². The van der Waals surface area contributed by atoms with Crippen molar-refractivity contribution in [2.24, 2.45) is 0 Å². The van der Waals surface area contributed by atoms with Crippen molar-refractivity contribution >= 4 is 11.6 Å². The predicted octanol–water partition coefficient (Wildman–Crippen LogP) is 4.87. The minimum Gasteiger partial charge on any atom is -0.486 e. The molecule has 1 amide bonds. The second kappa shape index (κ2) is 7.21. The first-order chi connectivity index (χ1) is 12.0. The molecule has 3 aromatic rings. The Hall–Kier alpha value is -3.08. The third kappa shape index (κ3) is 4.26. The van der Waals surface area contributed by atoms with Gasteiger partial charge in [0.05, 0.1) is 0 Å². The zero-order valence-electron chi connectivity index (χ0n) is 14.0. The van der Waals surface area contributed by atoms with Gasteiger partial charge in [-0.25, -0.2) is 4.39 Å². The van der Waals surface area contributed by atoms with Gasteiger partial charge in [-0.05, 0) is 61.9 Å². The number of benzene rings is 2. The fourth-order valence-corrected chi connectivity index (χ4v) is 2.40. The lowest BCUT2D eigenvalue weighted by Gasteiger charge is -2.08. The Morgan fingerprint density at radius 1 is 1.08 bits per heavy atom. The molecule has 128 valence electrons. The molecule has 0 aliphatic rings. The van der Waals surface area contributed by atoms with E-state index in [2.05, 4.69) is 5.32 Å². The first kappa shape index (κ1) is 16.8. The Balaban J connectivity index is 1.62. The predicted molar refractivity (Wildman–Crippen MR) is 93.3 cm³/mol. The number of ether oxygens (including phenoxy) is 1. The van der Waals surface area contributed by atoms with Gasteiger partial charge in [-0.2, -0.15) is 0 Å². The van der Waals surface area contributed by atoms with Crippen LogP contribution in [0.3, 0.4) is 0 Å². The Bertz CT molecular complexity index is 884. The third-order valence-corrected chi connectivity index (χ3v) is 3.71. The molecule has 5 heteroatoms. The topological polar surface area (TPSA) is 51.5 Å².